The van der Waals surface area contributed by atoms with Crippen molar-refractivity contribution in [2.24, 2.45) is 0 Å². The van der Waals surface area contributed by atoms with E-state index in [2.05, 4.69) is 0 Å². The van der Waals surface area contributed by atoms with Gasteiger partial charge in [0.1, 0.15) is 18.2 Å². The molecule has 0 heterocycles. The lowest BCUT2D eigenvalue weighted by Crippen LogP contribution is -2.32. The summed E-state index contributed by atoms with van der Waals surface area (Å²) in [6.45, 7) is 5.44. The van der Waals surface area contributed by atoms with Gasteiger partial charge in [-0.25, -0.2) is 4.39 Å². The molecule has 0 fully saturated rings. The molecular weight excluding hydrogens is 293 g/mol. The average molecular weight is 315 g/mol. The van der Waals surface area contributed by atoms with E-state index < -0.39 is 5.82 Å². The largest absolute Gasteiger partial charge is 0.489 e. The molecule has 2 aromatic rings. The number of nitrogens with zero attached hydrogens (tertiary/aromatic N) is 1. The van der Waals surface area contributed by atoms with E-state index in [1.54, 1.807) is 11.0 Å². The van der Waals surface area contributed by atoms with Crippen molar-refractivity contribution >= 4 is 5.91 Å². The Balaban J connectivity index is 2.13. The van der Waals surface area contributed by atoms with E-state index in [-0.39, 0.29) is 11.5 Å². The number of hydrogen-bond acceptors (Lipinski definition) is 2. The van der Waals surface area contributed by atoms with Crippen LogP contribution < -0.4 is 4.74 Å². The van der Waals surface area contributed by atoms with Crippen LogP contribution in [0.4, 0.5) is 4.39 Å². The first-order chi connectivity index (χ1) is 11.2. The van der Waals surface area contributed by atoms with Crippen molar-refractivity contribution in [3.05, 3.63) is 65.5 Å². The predicted molar refractivity (Wildman–Crippen MR) is 89.0 cm³/mol. The minimum absolute atomic E-state index is 0.0610. The number of amides is 1. The first kappa shape index (κ1) is 17.0. The fraction of sp³-hybridized carbons (Fsp3) is 0.316. The Labute approximate surface area is 136 Å². The third kappa shape index (κ3) is 4.55. The predicted octanol–water partition coefficient (Wildman–Crippen LogP) is 4.28. The van der Waals surface area contributed by atoms with E-state index in [4.69, 9.17) is 4.74 Å². The Bertz CT molecular complexity index is 643. The molecule has 2 rings (SSSR count). The summed E-state index contributed by atoms with van der Waals surface area (Å²) in [7, 11) is 0. The number of carbonyl (C=O) groups excluding carboxylic acids is 1. The minimum Gasteiger partial charge on any atom is -0.489 e. The molecule has 3 nitrogen and oxygen atoms in total. The molecule has 122 valence electrons. The Morgan fingerprint density at radius 1 is 1.13 bits per heavy atom. The van der Waals surface area contributed by atoms with Crippen molar-refractivity contribution in [3.63, 3.8) is 0 Å². The molecule has 0 saturated heterocycles. The maximum atomic E-state index is 14.0. The summed E-state index contributed by atoms with van der Waals surface area (Å²) in [5.74, 6) is -0.320. The molecule has 0 atom stereocenters. The zero-order valence-corrected chi connectivity index (χ0v) is 13.6. The molecule has 0 N–H and O–H groups in total. The first-order valence-corrected chi connectivity index (χ1v) is 7.91. The van der Waals surface area contributed by atoms with Gasteiger partial charge in [0, 0.05) is 13.1 Å². The highest BCUT2D eigenvalue weighted by atomic mass is 19.1. The molecule has 0 aromatic heterocycles. The highest BCUT2D eigenvalue weighted by Gasteiger charge is 2.18. The summed E-state index contributed by atoms with van der Waals surface area (Å²) in [6.07, 6.45) is 0.839. The standard InChI is InChI=1S/C19H22FNO2/c1-3-12-21(4-2)19(22)17-13-16(10-11-18(17)20)23-14-15-8-6-5-7-9-15/h5-11,13H,3-4,12,14H2,1-2H3. The van der Waals surface area contributed by atoms with Gasteiger partial charge in [-0.1, -0.05) is 37.3 Å². The van der Waals surface area contributed by atoms with E-state index in [1.165, 1.54) is 12.1 Å². The number of benzene rings is 2. The topological polar surface area (TPSA) is 29.5 Å². The maximum Gasteiger partial charge on any atom is 0.256 e. The van der Waals surface area contributed by atoms with Crippen molar-refractivity contribution < 1.29 is 13.9 Å². The van der Waals surface area contributed by atoms with E-state index in [0.717, 1.165) is 12.0 Å². The summed E-state index contributed by atoms with van der Waals surface area (Å²) in [5.41, 5.74) is 1.08. The third-order valence-electron chi connectivity index (χ3n) is 3.58. The molecule has 0 aliphatic heterocycles. The van der Waals surface area contributed by atoms with E-state index in [9.17, 15) is 9.18 Å². The minimum atomic E-state index is -0.517. The molecule has 2 aromatic carbocycles. The Morgan fingerprint density at radius 2 is 1.87 bits per heavy atom. The molecule has 0 saturated carbocycles. The molecular formula is C19H22FNO2. The smallest absolute Gasteiger partial charge is 0.256 e. The van der Waals surface area contributed by atoms with Gasteiger partial charge < -0.3 is 9.64 Å². The summed E-state index contributed by atoms with van der Waals surface area (Å²) in [6, 6.07) is 14.0. The van der Waals surface area contributed by atoms with Crippen LogP contribution in [0.2, 0.25) is 0 Å². The van der Waals surface area contributed by atoms with Crippen LogP contribution in [0, 0.1) is 5.82 Å². The number of halogens is 1. The van der Waals surface area contributed by atoms with Gasteiger partial charge >= 0.3 is 0 Å². The molecule has 0 aliphatic carbocycles. The van der Waals surface area contributed by atoms with Crippen LogP contribution in [-0.4, -0.2) is 23.9 Å². The molecule has 0 spiro atoms. The molecule has 0 bridgehead atoms. The fourth-order valence-electron chi connectivity index (χ4n) is 2.34. The Morgan fingerprint density at radius 3 is 2.52 bits per heavy atom. The van der Waals surface area contributed by atoms with Crippen molar-refractivity contribution in [3.8, 4) is 5.75 Å². The maximum absolute atomic E-state index is 14.0. The summed E-state index contributed by atoms with van der Waals surface area (Å²) >= 11 is 0. The second kappa shape index (κ2) is 8.32. The summed E-state index contributed by atoms with van der Waals surface area (Å²) < 4.78 is 19.7. The zero-order valence-electron chi connectivity index (χ0n) is 13.6. The number of carbonyl (C=O) groups is 1. The van der Waals surface area contributed by atoms with Crippen molar-refractivity contribution in [2.75, 3.05) is 13.1 Å². The van der Waals surface area contributed by atoms with Crippen LogP contribution in [0.5, 0.6) is 5.75 Å². The highest BCUT2D eigenvalue weighted by Crippen LogP contribution is 2.20. The Hall–Kier alpha value is -2.36. The van der Waals surface area contributed by atoms with Gasteiger partial charge in [0.05, 0.1) is 5.56 Å². The molecule has 23 heavy (non-hydrogen) atoms. The number of hydrogen-bond donors (Lipinski definition) is 0. The van der Waals surface area contributed by atoms with Crippen molar-refractivity contribution in [1.82, 2.24) is 4.90 Å². The zero-order chi connectivity index (χ0) is 16.7. The monoisotopic (exact) mass is 315 g/mol. The van der Waals surface area contributed by atoms with Gasteiger partial charge in [0.2, 0.25) is 0 Å². The molecule has 4 heteroatoms. The van der Waals surface area contributed by atoms with Gasteiger partial charge in [0.15, 0.2) is 0 Å². The van der Waals surface area contributed by atoms with Crippen LogP contribution in [0.25, 0.3) is 0 Å². The van der Waals surface area contributed by atoms with Crippen LogP contribution >= 0.6 is 0 Å². The number of ether oxygens (including phenoxy) is 1. The van der Waals surface area contributed by atoms with Crippen LogP contribution in [0.1, 0.15) is 36.2 Å². The third-order valence-corrected chi connectivity index (χ3v) is 3.58. The lowest BCUT2D eigenvalue weighted by molar-refractivity contribution is 0.0759. The van der Waals surface area contributed by atoms with Gasteiger partial charge in [-0.3, -0.25) is 4.79 Å². The van der Waals surface area contributed by atoms with Gasteiger partial charge in [-0.15, -0.1) is 0 Å². The summed E-state index contributed by atoms with van der Waals surface area (Å²) in [5, 5.41) is 0. The van der Waals surface area contributed by atoms with Crippen molar-refractivity contribution in [1.29, 1.82) is 0 Å². The lowest BCUT2D eigenvalue weighted by Gasteiger charge is -2.20. The lowest BCUT2D eigenvalue weighted by atomic mass is 10.1. The van der Waals surface area contributed by atoms with Gasteiger partial charge in [-0.05, 0) is 37.1 Å². The van der Waals surface area contributed by atoms with Crippen LogP contribution in [-0.2, 0) is 6.61 Å². The number of rotatable bonds is 7. The fourth-order valence-corrected chi connectivity index (χ4v) is 2.34. The van der Waals surface area contributed by atoms with E-state index >= 15 is 0 Å². The van der Waals surface area contributed by atoms with Crippen LogP contribution in [0.15, 0.2) is 48.5 Å². The van der Waals surface area contributed by atoms with E-state index in [0.29, 0.717) is 25.4 Å². The average Bonchev–Trinajstić information content (AvgIpc) is 2.59. The van der Waals surface area contributed by atoms with Crippen LogP contribution in [0.3, 0.4) is 0 Å². The van der Waals surface area contributed by atoms with E-state index in [1.807, 2.05) is 44.2 Å². The molecule has 0 aliphatic rings. The SMILES string of the molecule is CCCN(CC)C(=O)c1cc(OCc2ccccc2)ccc1F. The molecule has 0 unspecified atom stereocenters. The molecule has 0 radical (unpaired) electrons. The normalized spacial score (nSPS) is 10.4. The Kier molecular flexibility index (Phi) is 6.15. The summed E-state index contributed by atoms with van der Waals surface area (Å²) in [4.78, 5) is 14.1. The van der Waals surface area contributed by atoms with Crippen molar-refractivity contribution in [2.45, 2.75) is 26.9 Å². The molecule has 1 amide bonds. The van der Waals surface area contributed by atoms with Gasteiger partial charge in [0.25, 0.3) is 5.91 Å². The van der Waals surface area contributed by atoms with Gasteiger partial charge in [-0.2, -0.15) is 0 Å². The second-order valence-corrected chi connectivity index (χ2v) is 5.30. The second-order valence-electron chi connectivity index (χ2n) is 5.30. The quantitative estimate of drug-likeness (QED) is 0.763. The first-order valence-electron chi connectivity index (χ1n) is 7.91. The highest BCUT2D eigenvalue weighted by molar-refractivity contribution is 5.94.